The van der Waals surface area contributed by atoms with Crippen molar-refractivity contribution in [2.24, 2.45) is 0 Å². The summed E-state index contributed by atoms with van der Waals surface area (Å²) in [6.45, 7) is 0. The van der Waals surface area contributed by atoms with Gasteiger partial charge in [0, 0.05) is 5.56 Å². The van der Waals surface area contributed by atoms with E-state index in [2.05, 4.69) is 26.1 Å². The molecule has 0 amide bonds. The molecule has 0 unspecified atom stereocenters. The van der Waals surface area contributed by atoms with Crippen molar-refractivity contribution in [3.63, 3.8) is 0 Å². The van der Waals surface area contributed by atoms with Gasteiger partial charge in [-0.15, -0.1) is 0 Å². The van der Waals surface area contributed by atoms with Gasteiger partial charge in [-0.05, 0) is 28.1 Å². The Morgan fingerprint density at radius 2 is 1.94 bits per heavy atom. The van der Waals surface area contributed by atoms with E-state index >= 15 is 0 Å². The third-order valence-electron chi connectivity index (χ3n) is 2.19. The van der Waals surface area contributed by atoms with Gasteiger partial charge in [0.25, 0.3) is 0 Å². The molecule has 8 heteroatoms. The quantitative estimate of drug-likeness (QED) is 0.660. The summed E-state index contributed by atoms with van der Waals surface area (Å²) in [5, 5.41) is 14.3. The number of hydrogen-bond donors (Lipinski definition) is 2. The van der Waals surface area contributed by atoms with Crippen LogP contribution in [-0.2, 0) is 0 Å². The number of carboxylic acids is 1. The first-order chi connectivity index (χ1) is 8.41. The molecule has 2 N–H and O–H groups in total. The van der Waals surface area contributed by atoms with Gasteiger partial charge < -0.3 is 5.11 Å². The zero-order valence-electron chi connectivity index (χ0n) is 8.47. The van der Waals surface area contributed by atoms with E-state index < -0.39 is 27.9 Å². The number of rotatable bonds is 2. The summed E-state index contributed by atoms with van der Waals surface area (Å²) in [6.07, 6.45) is 0. The first kappa shape index (κ1) is 12.6. The molecule has 2 rings (SSSR count). The zero-order chi connectivity index (χ0) is 13.4. The summed E-state index contributed by atoms with van der Waals surface area (Å²) < 4.78 is 39.2. The van der Waals surface area contributed by atoms with E-state index in [1.807, 2.05) is 0 Å². The van der Waals surface area contributed by atoms with Gasteiger partial charge in [-0.3, -0.25) is 5.10 Å². The molecule has 0 saturated heterocycles. The molecule has 0 bridgehead atoms. The van der Waals surface area contributed by atoms with Crippen molar-refractivity contribution in [2.45, 2.75) is 0 Å². The smallest absolute Gasteiger partial charge is 0.353 e. The topological polar surface area (TPSA) is 66.0 Å². The Morgan fingerprint density at radius 3 is 2.50 bits per heavy atom. The Hall–Kier alpha value is -1.83. The Bertz CT molecular complexity index is 642. The molecule has 0 saturated carbocycles. The molecule has 0 aliphatic heterocycles. The molecule has 0 aliphatic rings. The van der Waals surface area contributed by atoms with Gasteiger partial charge in [0.15, 0.2) is 11.6 Å². The van der Waals surface area contributed by atoms with Gasteiger partial charge in [0.2, 0.25) is 0 Å². The van der Waals surface area contributed by atoms with Crippen molar-refractivity contribution in [3.05, 3.63) is 39.8 Å². The van der Waals surface area contributed by atoms with Crippen LogP contribution >= 0.6 is 15.9 Å². The molecular weight excluding hydrogens is 317 g/mol. The second-order valence-electron chi connectivity index (χ2n) is 3.32. The maximum Gasteiger partial charge on any atom is 0.353 e. The van der Waals surface area contributed by atoms with Crippen molar-refractivity contribution >= 4 is 21.9 Å². The third kappa shape index (κ3) is 1.99. The molecule has 1 heterocycles. The Morgan fingerprint density at radius 1 is 1.28 bits per heavy atom. The van der Waals surface area contributed by atoms with Crippen LogP contribution < -0.4 is 0 Å². The van der Waals surface area contributed by atoms with Crippen LogP contribution in [0.5, 0.6) is 0 Å². The number of aromatic amines is 1. The predicted octanol–water partition coefficient (Wildman–Crippen LogP) is 2.95. The first-order valence-electron chi connectivity index (χ1n) is 4.54. The Labute approximate surface area is 107 Å². The Kier molecular flexibility index (Phi) is 3.12. The highest BCUT2D eigenvalue weighted by molar-refractivity contribution is 9.10. The van der Waals surface area contributed by atoms with Gasteiger partial charge in [-0.25, -0.2) is 18.0 Å². The number of hydrogen-bond acceptors (Lipinski definition) is 2. The molecule has 94 valence electrons. The molecular formula is C10H4BrF3N2O2. The molecule has 0 radical (unpaired) electrons. The number of H-pyrrole nitrogens is 1. The minimum absolute atomic E-state index is 0.135. The van der Waals surface area contributed by atoms with Crippen LogP contribution in [0.15, 0.2) is 16.6 Å². The molecule has 0 fully saturated rings. The lowest BCUT2D eigenvalue weighted by Crippen LogP contribution is -1.95. The van der Waals surface area contributed by atoms with Crippen LogP contribution in [0.1, 0.15) is 10.5 Å². The van der Waals surface area contributed by atoms with Gasteiger partial charge in [-0.1, -0.05) is 0 Å². The molecule has 2 aromatic rings. The van der Waals surface area contributed by atoms with E-state index in [9.17, 15) is 18.0 Å². The molecule has 0 spiro atoms. The number of aromatic nitrogens is 2. The molecule has 0 aliphatic carbocycles. The number of aromatic carboxylic acids is 1. The highest BCUT2D eigenvalue weighted by Gasteiger charge is 2.20. The normalized spacial score (nSPS) is 10.7. The first-order valence-corrected chi connectivity index (χ1v) is 5.33. The van der Waals surface area contributed by atoms with E-state index in [0.717, 1.165) is 6.07 Å². The number of nitrogens with zero attached hydrogens (tertiary/aromatic N) is 1. The summed E-state index contributed by atoms with van der Waals surface area (Å²) in [5.41, 5.74) is -0.765. The van der Waals surface area contributed by atoms with Gasteiger partial charge in [0.05, 0.1) is 10.2 Å². The van der Waals surface area contributed by atoms with Crippen LogP contribution in [0.3, 0.4) is 0 Å². The number of nitrogens with one attached hydrogen (secondary N) is 1. The lowest BCUT2D eigenvalue weighted by atomic mass is 10.1. The number of carbonyl (C=O) groups is 1. The summed E-state index contributed by atoms with van der Waals surface area (Å²) in [7, 11) is 0. The molecule has 18 heavy (non-hydrogen) atoms. The maximum absolute atomic E-state index is 13.7. The van der Waals surface area contributed by atoms with Crippen molar-refractivity contribution in [3.8, 4) is 11.3 Å². The predicted molar refractivity (Wildman–Crippen MR) is 58.6 cm³/mol. The fourth-order valence-corrected chi connectivity index (χ4v) is 1.73. The van der Waals surface area contributed by atoms with Crippen molar-refractivity contribution in [2.75, 3.05) is 0 Å². The van der Waals surface area contributed by atoms with E-state index in [0.29, 0.717) is 6.07 Å². The fraction of sp³-hybridized carbons (Fsp3) is 0. The Balaban J connectivity index is 2.60. The lowest BCUT2D eigenvalue weighted by molar-refractivity contribution is 0.0690. The van der Waals surface area contributed by atoms with Crippen LogP contribution in [0.2, 0.25) is 0 Å². The average Bonchev–Trinajstić information content (AvgIpc) is 2.80. The van der Waals surface area contributed by atoms with Gasteiger partial charge >= 0.3 is 5.97 Å². The largest absolute Gasteiger partial charge is 0.477 e. The van der Waals surface area contributed by atoms with Crippen LogP contribution in [0.4, 0.5) is 13.2 Å². The van der Waals surface area contributed by atoms with E-state index in [-0.39, 0.29) is 17.0 Å². The van der Waals surface area contributed by atoms with E-state index in [1.54, 1.807) is 0 Å². The van der Waals surface area contributed by atoms with Crippen LogP contribution in [0, 0.1) is 17.5 Å². The summed E-state index contributed by atoms with van der Waals surface area (Å²) >= 11 is 2.57. The van der Waals surface area contributed by atoms with Crippen molar-refractivity contribution in [1.82, 2.24) is 10.2 Å². The monoisotopic (exact) mass is 320 g/mol. The van der Waals surface area contributed by atoms with E-state index in [4.69, 9.17) is 5.11 Å². The van der Waals surface area contributed by atoms with Crippen molar-refractivity contribution in [1.29, 1.82) is 0 Å². The standard InChI is InChI=1S/C10H4BrF3N2O2/c11-7-8(13)3(1-4(12)9(7)14)5-2-6(10(17)18)16-15-5/h1-2H,(H,15,16)(H,17,18). The molecule has 0 atom stereocenters. The molecule has 1 aromatic carbocycles. The highest BCUT2D eigenvalue weighted by atomic mass is 79.9. The van der Waals surface area contributed by atoms with Crippen LogP contribution in [0.25, 0.3) is 11.3 Å². The number of carboxylic acid groups (broad SMARTS) is 1. The summed E-state index contributed by atoms with van der Waals surface area (Å²) in [5.74, 6) is -4.98. The lowest BCUT2D eigenvalue weighted by Gasteiger charge is -2.03. The molecule has 4 nitrogen and oxygen atoms in total. The van der Waals surface area contributed by atoms with Gasteiger partial charge in [-0.2, -0.15) is 5.10 Å². The second-order valence-corrected chi connectivity index (χ2v) is 4.11. The SMILES string of the molecule is O=C(O)c1cc(-c2cc(F)c(F)c(Br)c2F)n[nH]1. The highest BCUT2D eigenvalue weighted by Crippen LogP contribution is 2.31. The summed E-state index contributed by atoms with van der Waals surface area (Å²) in [4.78, 5) is 10.6. The minimum Gasteiger partial charge on any atom is -0.477 e. The average molecular weight is 321 g/mol. The fourth-order valence-electron chi connectivity index (χ4n) is 1.33. The van der Waals surface area contributed by atoms with Crippen molar-refractivity contribution < 1.29 is 23.1 Å². The number of halogens is 4. The summed E-state index contributed by atoms with van der Waals surface area (Å²) in [6, 6.07) is 1.63. The van der Waals surface area contributed by atoms with Crippen LogP contribution in [-0.4, -0.2) is 21.3 Å². The second kappa shape index (κ2) is 4.45. The number of benzene rings is 1. The van der Waals surface area contributed by atoms with Gasteiger partial charge in [0.1, 0.15) is 11.5 Å². The maximum atomic E-state index is 13.7. The van der Waals surface area contributed by atoms with E-state index in [1.165, 1.54) is 0 Å². The zero-order valence-corrected chi connectivity index (χ0v) is 10.1. The third-order valence-corrected chi connectivity index (χ3v) is 2.88. The minimum atomic E-state index is -1.36. The molecule has 1 aromatic heterocycles.